The molecule has 0 saturated carbocycles. The lowest BCUT2D eigenvalue weighted by atomic mass is 10.2. The Hall–Kier alpha value is -1.62. The topological polar surface area (TPSA) is 49.6 Å². The van der Waals surface area contributed by atoms with Crippen molar-refractivity contribution in [1.29, 1.82) is 0 Å². The molecule has 0 bridgehead atoms. The molecule has 1 fully saturated rings. The Bertz CT molecular complexity index is 397. The van der Waals surface area contributed by atoms with E-state index in [1.807, 2.05) is 0 Å². The zero-order valence-corrected chi connectivity index (χ0v) is 8.90. The van der Waals surface area contributed by atoms with E-state index < -0.39 is 0 Å². The van der Waals surface area contributed by atoms with E-state index in [4.69, 9.17) is 5.84 Å². The Kier molecular flexibility index (Phi) is 3.05. The quantitative estimate of drug-likeness (QED) is 0.607. The second-order valence-electron chi connectivity index (χ2n) is 3.88. The van der Waals surface area contributed by atoms with Gasteiger partial charge in [0.05, 0.1) is 0 Å². The van der Waals surface area contributed by atoms with Gasteiger partial charge >= 0.3 is 6.03 Å². The normalized spacial score (nSPS) is 16.8. The first kappa shape index (κ1) is 10.9. The Morgan fingerprint density at radius 3 is 2.94 bits per heavy atom. The van der Waals surface area contributed by atoms with E-state index >= 15 is 0 Å². The molecule has 1 aromatic rings. The van der Waals surface area contributed by atoms with Crippen molar-refractivity contribution in [1.82, 2.24) is 9.91 Å². The van der Waals surface area contributed by atoms with Gasteiger partial charge in [-0.1, -0.05) is 12.1 Å². The molecule has 0 aliphatic carbocycles. The second kappa shape index (κ2) is 4.49. The number of nitrogens with zero attached hydrogens (tertiary/aromatic N) is 2. The number of hydrogen-bond acceptors (Lipinski definition) is 2. The summed E-state index contributed by atoms with van der Waals surface area (Å²) in [5.74, 6) is 5.23. The predicted molar refractivity (Wildman–Crippen MR) is 57.7 cm³/mol. The van der Waals surface area contributed by atoms with Crippen LogP contribution in [-0.2, 0) is 6.54 Å². The molecule has 0 aromatic heterocycles. The molecule has 1 aromatic carbocycles. The molecule has 1 heterocycles. The second-order valence-corrected chi connectivity index (χ2v) is 3.88. The Balaban J connectivity index is 2.06. The van der Waals surface area contributed by atoms with Crippen LogP contribution in [0.25, 0.3) is 0 Å². The molecule has 2 N–H and O–H groups in total. The number of urea groups is 1. The van der Waals surface area contributed by atoms with E-state index in [2.05, 4.69) is 0 Å². The number of benzene rings is 1. The average molecular weight is 223 g/mol. The molecule has 1 saturated heterocycles. The third-order valence-electron chi connectivity index (χ3n) is 2.61. The summed E-state index contributed by atoms with van der Waals surface area (Å²) < 4.78 is 13.0. The first-order valence-electron chi connectivity index (χ1n) is 5.22. The summed E-state index contributed by atoms with van der Waals surface area (Å²) in [4.78, 5) is 13.3. The van der Waals surface area contributed by atoms with Crippen molar-refractivity contribution in [3.63, 3.8) is 0 Å². The number of carbonyl (C=O) groups is 1. The van der Waals surface area contributed by atoms with Gasteiger partial charge in [-0.05, 0) is 24.1 Å². The van der Waals surface area contributed by atoms with Gasteiger partial charge in [0.15, 0.2) is 0 Å². The summed E-state index contributed by atoms with van der Waals surface area (Å²) in [6.45, 7) is 1.66. The van der Waals surface area contributed by atoms with Gasteiger partial charge in [0.2, 0.25) is 0 Å². The summed E-state index contributed by atoms with van der Waals surface area (Å²) in [6.07, 6.45) is 0.845. The van der Waals surface area contributed by atoms with Crippen LogP contribution in [0.5, 0.6) is 0 Å². The van der Waals surface area contributed by atoms with Crippen molar-refractivity contribution in [3.05, 3.63) is 35.6 Å². The van der Waals surface area contributed by atoms with E-state index in [9.17, 15) is 9.18 Å². The molecule has 0 radical (unpaired) electrons. The van der Waals surface area contributed by atoms with E-state index in [1.165, 1.54) is 17.1 Å². The van der Waals surface area contributed by atoms with Crippen molar-refractivity contribution in [2.24, 2.45) is 5.84 Å². The van der Waals surface area contributed by atoms with Gasteiger partial charge in [0.25, 0.3) is 0 Å². The Labute approximate surface area is 93.4 Å². The van der Waals surface area contributed by atoms with E-state index in [-0.39, 0.29) is 11.8 Å². The average Bonchev–Trinajstić information content (AvgIpc) is 2.25. The van der Waals surface area contributed by atoms with Crippen LogP contribution in [-0.4, -0.2) is 29.0 Å². The van der Waals surface area contributed by atoms with Crippen LogP contribution < -0.4 is 5.84 Å². The number of amides is 2. The number of carbonyl (C=O) groups excluding carboxylic acids is 1. The molecule has 0 spiro atoms. The lowest BCUT2D eigenvalue weighted by molar-refractivity contribution is 0.127. The summed E-state index contributed by atoms with van der Waals surface area (Å²) >= 11 is 0. The minimum absolute atomic E-state index is 0.199. The van der Waals surface area contributed by atoms with Crippen molar-refractivity contribution in [2.75, 3.05) is 13.1 Å². The first-order valence-corrected chi connectivity index (χ1v) is 5.22. The molecule has 86 valence electrons. The van der Waals surface area contributed by atoms with E-state index in [1.54, 1.807) is 17.0 Å². The first-order chi connectivity index (χ1) is 7.66. The lowest BCUT2D eigenvalue weighted by Crippen LogP contribution is -2.52. The van der Waals surface area contributed by atoms with Gasteiger partial charge < -0.3 is 4.90 Å². The van der Waals surface area contributed by atoms with Gasteiger partial charge in [0, 0.05) is 19.6 Å². The predicted octanol–water partition coefficient (Wildman–Crippen LogP) is 1.33. The fourth-order valence-electron chi connectivity index (χ4n) is 1.81. The Morgan fingerprint density at radius 2 is 2.19 bits per heavy atom. The molecule has 5 heteroatoms. The van der Waals surface area contributed by atoms with Crippen LogP contribution in [0.4, 0.5) is 9.18 Å². The largest absolute Gasteiger partial charge is 0.334 e. The number of halogens is 1. The van der Waals surface area contributed by atoms with Gasteiger partial charge in [-0.3, -0.25) is 5.01 Å². The van der Waals surface area contributed by atoms with Gasteiger partial charge in [-0.15, -0.1) is 0 Å². The van der Waals surface area contributed by atoms with Crippen molar-refractivity contribution >= 4 is 6.03 Å². The Morgan fingerprint density at radius 1 is 1.38 bits per heavy atom. The fourth-order valence-corrected chi connectivity index (χ4v) is 1.81. The highest BCUT2D eigenvalue weighted by Gasteiger charge is 2.23. The third kappa shape index (κ3) is 2.30. The highest BCUT2D eigenvalue weighted by atomic mass is 19.1. The highest BCUT2D eigenvalue weighted by molar-refractivity contribution is 5.74. The van der Waals surface area contributed by atoms with Crippen molar-refractivity contribution in [3.8, 4) is 0 Å². The SMILES string of the molecule is NN1CCCN(Cc2cccc(F)c2)C1=O. The number of hydrazine groups is 1. The molecule has 1 aliphatic heterocycles. The van der Waals surface area contributed by atoms with Crippen LogP contribution in [0.15, 0.2) is 24.3 Å². The van der Waals surface area contributed by atoms with Gasteiger partial charge in [-0.25, -0.2) is 15.0 Å². The number of rotatable bonds is 2. The van der Waals surface area contributed by atoms with Crippen molar-refractivity contribution < 1.29 is 9.18 Å². The smallest absolute Gasteiger partial charge is 0.319 e. The molecule has 16 heavy (non-hydrogen) atoms. The molecule has 2 rings (SSSR count). The third-order valence-corrected chi connectivity index (χ3v) is 2.61. The van der Waals surface area contributed by atoms with E-state index in [0.717, 1.165) is 12.0 Å². The maximum Gasteiger partial charge on any atom is 0.334 e. The van der Waals surface area contributed by atoms with E-state index in [0.29, 0.717) is 19.6 Å². The molecule has 0 unspecified atom stereocenters. The summed E-state index contributed by atoms with van der Waals surface area (Å²) in [7, 11) is 0. The maximum atomic E-state index is 13.0. The number of hydrogen-bond donors (Lipinski definition) is 1. The van der Waals surface area contributed by atoms with Crippen molar-refractivity contribution in [2.45, 2.75) is 13.0 Å². The molecular formula is C11H14FN3O. The molecule has 2 amide bonds. The van der Waals surface area contributed by atoms with Crippen LogP contribution in [0.3, 0.4) is 0 Å². The van der Waals surface area contributed by atoms with Crippen LogP contribution >= 0.6 is 0 Å². The standard InChI is InChI=1S/C11H14FN3O/c12-10-4-1-3-9(7-10)8-14-5-2-6-15(13)11(14)16/h1,3-4,7H,2,5-6,8,13H2. The van der Waals surface area contributed by atoms with Gasteiger partial charge in [0.1, 0.15) is 5.82 Å². The fraction of sp³-hybridized carbons (Fsp3) is 0.364. The summed E-state index contributed by atoms with van der Waals surface area (Å²) in [5, 5.41) is 1.20. The monoisotopic (exact) mass is 223 g/mol. The lowest BCUT2D eigenvalue weighted by Gasteiger charge is -2.32. The van der Waals surface area contributed by atoms with Crippen LogP contribution in [0.1, 0.15) is 12.0 Å². The summed E-state index contributed by atoms with van der Waals surface area (Å²) in [5.41, 5.74) is 0.781. The maximum absolute atomic E-state index is 13.0. The zero-order valence-electron chi connectivity index (χ0n) is 8.90. The van der Waals surface area contributed by atoms with Gasteiger partial charge in [-0.2, -0.15) is 0 Å². The zero-order chi connectivity index (χ0) is 11.5. The molecular weight excluding hydrogens is 209 g/mol. The minimum atomic E-state index is -0.286. The molecule has 1 aliphatic rings. The van der Waals surface area contributed by atoms with Crippen LogP contribution in [0, 0.1) is 5.82 Å². The van der Waals surface area contributed by atoms with Crippen LogP contribution in [0.2, 0.25) is 0 Å². The highest BCUT2D eigenvalue weighted by Crippen LogP contribution is 2.12. The minimum Gasteiger partial charge on any atom is -0.319 e. The summed E-state index contributed by atoms with van der Waals surface area (Å²) in [6, 6.07) is 6.06. The molecule has 0 atom stereocenters. The number of nitrogens with two attached hydrogens (primary N) is 1. The molecule has 4 nitrogen and oxygen atoms in total.